The van der Waals surface area contributed by atoms with E-state index in [-0.39, 0.29) is 18.1 Å². The summed E-state index contributed by atoms with van der Waals surface area (Å²) >= 11 is 5.50. The summed E-state index contributed by atoms with van der Waals surface area (Å²) in [4.78, 5) is 11.9. The number of benzene rings is 1. The van der Waals surface area contributed by atoms with Crippen molar-refractivity contribution in [3.63, 3.8) is 0 Å². The van der Waals surface area contributed by atoms with Crippen LogP contribution in [0.1, 0.15) is 26.3 Å². The summed E-state index contributed by atoms with van der Waals surface area (Å²) in [5.41, 5.74) is 4.25. The van der Waals surface area contributed by atoms with Crippen molar-refractivity contribution in [1.82, 2.24) is 0 Å². The number of nitrogens with two attached hydrogens (primary N) is 1. The summed E-state index contributed by atoms with van der Waals surface area (Å²) in [6, 6.07) is 2.33. The third-order valence-corrected chi connectivity index (χ3v) is 3.08. The summed E-state index contributed by atoms with van der Waals surface area (Å²) in [6.07, 6.45) is -4.58. The second-order valence-corrected chi connectivity index (χ2v) is 5.93. The lowest BCUT2D eigenvalue weighted by atomic mass is 9.87. The zero-order valence-corrected chi connectivity index (χ0v) is 13.3. The van der Waals surface area contributed by atoms with Gasteiger partial charge in [0, 0.05) is 5.69 Å². The average molecular weight is 345 g/mol. The molecule has 0 unspecified atom stereocenters. The highest BCUT2D eigenvalue weighted by Crippen LogP contribution is 2.36. The van der Waals surface area contributed by atoms with E-state index in [1.54, 1.807) is 20.8 Å². The van der Waals surface area contributed by atoms with E-state index in [1.807, 2.05) is 0 Å². The maximum absolute atomic E-state index is 12.7. The van der Waals surface area contributed by atoms with E-state index >= 15 is 0 Å². The van der Waals surface area contributed by atoms with Gasteiger partial charge in [0.2, 0.25) is 5.91 Å². The van der Waals surface area contributed by atoms with Gasteiger partial charge in [-0.3, -0.25) is 4.79 Å². The van der Waals surface area contributed by atoms with E-state index in [0.717, 1.165) is 12.1 Å². The molecular formula is C13H17Cl2F3N2O. The van der Waals surface area contributed by atoms with Gasteiger partial charge in [-0.15, -0.1) is 12.4 Å². The van der Waals surface area contributed by atoms with Crippen LogP contribution in [0.2, 0.25) is 5.02 Å². The summed E-state index contributed by atoms with van der Waals surface area (Å²) < 4.78 is 38.1. The Balaban J connectivity index is 0.00000400. The molecule has 21 heavy (non-hydrogen) atoms. The first-order valence-electron chi connectivity index (χ1n) is 5.86. The van der Waals surface area contributed by atoms with Crippen LogP contribution in [0.3, 0.4) is 0 Å². The molecule has 1 aromatic rings. The molecule has 0 saturated carbocycles. The van der Waals surface area contributed by atoms with Crippen LogP contribution in [0, 0.1) is 5.41 Å². The van der Waals surface area contributed by atoms with Crippen molar-refractivity contribution in [1.29, 1.82) is 0 Å². The molecule has 1 amide bonds. The molecule has 0 aliphatic rings. The van der Waals surface area contributed by atoms with E-state index < -0.39 is 34.1 Å². The molecule has 0 aliphatic carbocycles. The highest BCUT2D eigenvalue weighted by molar-refractivity contribution is 6.31. The van der Waals surface area contributed by atoms with Gasteiger partial charge < -0.3 is 11.1 Å². The molecule has 8 heteroatoms. The van der Waals surface area contributed by atoms with Gasteiger partial charge in [0.1, 0.15) is 0 Å². The van der Waals surface area contributed by atoms with Gasteiger partial charge in [-0.25, -0.2) is 0 Å². The monoisotopic (exact) mass is 344 g/mol. The summed E-state index contributed by atoms with van der Waals surface area (Å²) in [7, 11) is 0. The molecule has 120 valence electrons. The Labute approximate surface area is 132 Å². The van der Waals surface area contributed by atoms with Crippen LogP contribution in [0.15, 0.2) is 18.2 Å². The number of carbonyl (C=O) groups excluding carboxylic acids is 1. The maximum atomic E-state index is 12.7. The zero-order chi connectivity index (χ0) is 15.7. The van der Waals surface area contributed by atoms with Crippen LogP contribution >= 0.6 is 24.0 Å². The number of nitrogens with one attached hydrogen (secondary N) is 1. The molecule has 0 saturated heterocycles. The Morgan fingerprint density at radius 3 is 2.24 bits per heavy atom. The first-order chi connectivity index (χ1) is 8.93. The number of alkyl halides is 3. The Morgan fingerprint density at radius 1 is 1.29 bits per heavy atom. The zero-order valence-electron chi connectivity index (χ0n) is 11.7. The Hall–Kier alpha value is -0.980. The van der Waals surface area contributed by atoms with Crippen LogP contribution in [-0.4, -0.2) is 11.9 Å². The lowest BCUT2D eigenvalue weighted by Gasteiger charge is -2.26. The Morgan fingerprint density at radius 2 is 1.81 bits per heavy atom. The van der Waals surface area contributed by atoms with Gasteiger partial charge in [-0.05, 0) is 23.6 Å². The van der Waals surface area contributed by atoms with Crippen molar-refractivity contribution >= 4 is 35.6 Å². The number of rotatable bonds is 2. The summed E-state index contributed by atoms with van der Waals surface area (Å²) in [5.74, 6) is -0.548. The summed E-state index contributed by atoms with van der Waals surface area (Å²) in [5, 5.41) is 1.94. The molecule has 0 aliphatic heterocycles. The second kappa shape index (κ2) is 6.85. The van der Waals surface area contributed by atoms with Crippen molar-refractivity contribution in [2.75, 3.05) is 5.32 Å². The normalized spacial score (nSPS) is 13.3. The first-order valence-corrected chi connectivity index (χ1v) is 6.24. The van der Waals surface area contributed by atoms with Gasteiger partial charge in [0.25, 0.3) is 0 Å². The number of halogens is 5. The van der Waals surface area contributed by atoms with Crippen molar-refractivity contribution in [2.45, 2.75) is 33.0 Å². The average Bonchev–Trinajstić information content (AvgIpc) is 2.27. The largest absolute Gasteiger partial charge is 0.417 e. The minimum absolute atomic E-state index is 0. The third kappa shape index (κ3) is 5.37. The predicted molar refractivity (Wildman–Crippen MR) is 79.8 cm³/mol. The number of hydrogen-bond donors (Lipinski definition) is 2. The highest BCUT2D eigenvalue weighted by Gasteiger charge is 2.34. The van der Waals surface area contributed by atoms with E-state index in [0.29, 0.717) is 0 Å². The smallest absolute Gasteiger partial charge is 0.325 e. The minimum Gasteiger partial charge on any atom is -0.325 e. The quantitative estimate of drug-likeness (QED) is 0.848. The van der Waals surface area contributed by atoms with Crippen LogP contribution < -0.4 is 11.1 Å². The highest BCUT2D eigenvalue weighted by atomic mass is 35.5. The first kappa shape index (κ1) is 20.0. The number of carbonyl (C=O) groups is 1. The van der Waals surface area contributed by atoms with Crippen LogP contribution in [0.25, 0.3) is 0 Å². The molecule has 1 atom stereocenters. The van der Waals surface area contributed by atoms with Gasteiger partial charge >= 0.3 is 6.18 Å². The fourth-order valence-electron chi connectivity index (χ4n) is 1.43. The molecule has 0 spiro atoms. The predicted octanol–water partition coefficient (Wildman–Crippen LogP) is 4.09. The Kier molecular flexibility index (Phi) is 6.53. The molecule has 3 N–H and O–H groups in total. The number of amides is 1. The number of anilines is 1. The van der Waals surface area contributed by atoms with Crippen molar-refractivity contribution in [2.24, 2.45) is 11.1 Å². The van der Waals surface area contributed by atoms with E-state index in [1.165, 1.54) is 6.07 Å². The van der Waals surface area contributed by atoms with Crippen LogP contribution in [0.5, 0.6) is 0 Å². The van der Waals surface area contributed by atoms with E-state index in [9.17, 15) is 18.0 Å². The lowest BCUT2D eigenvalue weighted by Crippen LogP contribution is -2.45. The fraction of sp³-hybridized carbons (Fsp3) is 0.462. The van der Waals surface area contributed by atoms with Crippen molar-refractivity contribution < 1.29 is 18.0 Å². The molecule has 1 aromatic carbocycles. The van der Waals surface area contributed by atoms with Crippen molar-refractivity contribution in [3.8, 4) is 0 Å². The Bertz CT molecular complexity index is 513. The summed E-state index contributed by atoms with van der Waals surface area (Å²) in [6.45, 7) is 5.29. The molecule has 1 rings (SSSR count). The van der Waals surface area contributed by atoms with E-state index in [2.05, 4.69) is 5.32 Å². The van der Waals surface area contributed by atoms with Gasteiger partial charge in [0.05, 0.1) is 16.6 Å². The van der Waals surface area contributed by atoms with Gasteiger partial charge in [-0.2, -0.15) is 13.2 Å². The van der Waals surface area contributed by atoms with Crippen molar-refractivity contribution in [3.05, 3.63) is 28.8 Å². The topological polar surface area (TPSA) is 55.1 Å². The SMILES string of the molecule is CC(C)(C)[C@H](N)C(=O)Nc1ccc(Cl)c(C(F)(F)F)c1.Cl. The molecule has 0 bridgehead atoms. The van der Waals surface area contributed by atoms with E-state index in [4.69, 9.17) is 17.3 Å². The van der Waals surface area contributed by atoms with Crippen LogP contribution in [0.4, 0.5) is 18.9 Å². The molecule has 0 radical (unpaired) electrons. The van der Waals surface area contributed by atoms with Crippen LogP contribution in [-0.2, 0) is 11.0 Å². The molecule has 3 nitrogen and oxygen atoms in total. The molecule has 0 fully saturated rings. The third-order valence-electron chi connectivity index (χ3n) is 2.75. The lowest BCUT2D eigenvalue weighted by molar-refractivity contribution is -0.137. The molecule has 0 heterocycles. The fourth-order valence-corrected chi connectivity index (χ4v) is 1.66. The van der Waals surface area contributed by atoms with Gasteiger partial charge in [0.15, 0.2) is 0 Å². The van der Waals surface area contributed by atoms with Gasteiger partial charge in [-0.1, -0.05) is 32.4 Å². The standard InChI is InChI=1S/C13H16ClF3N2O.ClH/c1-12(2,3)10(18)11(20)19-7-4-5-9(14)8(6-7)13(15,16)17;/h4-6,10H,18H2,1-3H3,(H,19,20);1H/t10-;/m1./s1. The molecule has 0 aromatic heterocycles. The second-order valence-electron chi connectivity index (χ2n) is 5.53. The maximum Gasteiger partial charge on any atom is 0.417 e. The minimum atomic E-state index is -4.58. The number of hydrogen-bond acceptors (Lipinski definition) is 2. The molecular weight excluding hydrogens is 328 g/mol.